The number of benzene rings is 2. The van der Waals surface area contributed by atoms with Gasteiger partial charge >= 0.3 is 5.97 Å². The Hall–Kier alpha value is -2.40. The lowest BCUT2D eigenvalue weighted by Crippen LogP contribution is -2.27. The standard InChI is InChI=1S/C16H12BrNO3/c17-13-9-5-4-8-12(13)15(19)18-14(16(20)21)10-11-6-2-1-3-7-11/h1-10H,(H,18,19)(H,20,21). The number of halogens is 1. The van der Waals surface area contributed by atoms with Crippen LogP contribution in [0.25, 0.3) is 6.08 Å². The summed E-state index contributed by atoms with van der Waals surface area (Å²) in [6.07, 6.45) is 1.41. The maximum absolute atomic E-state index is 12.1. The van der Waals surface area contributed by atoms with Gasteiger partial charge in [-0.25, -0.2) is 4.79 Å². The van der Waals surface area contributed by atoms with Gasteiger partial charge in [-0.15, -0.1) is 0 Å². The minimum absolute atomic E-state index is 0.179. The Labute approximate surface area is 130 Å². The van der Waals surface area contributed by atoms with Gasteiger partial charge in [-0.05, 0) is 39.7 Å². The fourth-order valence-electron chi connectivity index (χ4n) is 1.70. The van der Waals surface area contributed by atoms with Gasteiger partial charge in [0.2, 0.25) is 0 Å². The number of rotatable bonds is 4. The SMILES string of the molecule is O=C(O)C(=Cc1ccccc1)NC(=O)c1ccccc1Br. The summed E-state index contributed by atoms with van der Waals surface area (Å²) in [5.41, 5.74) is 0.891. The zero-order valence-corrected chi connectivity index (χ0v) is 12.5. The molecule has 0 heterocycles. The molecule has 5 heteroatoms. The third-order valence-electron chi connectivity index (χ3n) is 2.71. The monoisotopic (exact) mass is 345 g/mol. The van der Waals surface area contributed by atoms with Crippen molar-refractivity contribution in [2.45, 2.75) is 0 Å². The van der Waals surface area contributed by atoms with Crippen LogP contribution in [0.3, 0.4) is 0 Å². The van der Waals surface area contributed by atoms with Crippen molar-refractivity contribution >= 4 is 33.9 Å². The van der Waals surface area contributed by atoms with Gasteiger partial charge < -0.3 is 10.4 Å². The van der Waals surface area contributed by atoms with Crippen molar-refractivity contribution in [1.29, 1.82) is 0 Å². The normalized spacial score (nSPS) is 11.0. The quantitative estimate of drug-likeness (QED) is 0.835. The first-order valence-corrected chi connectivity index (χ1v) is 6.93. The zero-order valence-electron chi connectivity index (χ0n) is 10.9. The molecule has 0 aliphatic carbocycles. The summed E-state index contributed by atoms with van der Waals surface area (Å²) in [5.74, 6) is -1.67. The average molecular weight is 346 g/mol. The largest absolute Gasteiger partial charge is 0.477 e. The average Bonchev–Trinajstić information content (AvgIpc) is 2.48. The first kappa shape index (κ1) is 15.0. The van der Waals surface area contributed by atoms with Crippen molar-refractivity contribution in [3.05, 3.63) is 75.9 Å². The Morgan fingerprint density at radius 3 is 2.24 bits per heavy atom. The predicted octanol–water partition coefficient (Wildman–Crippen LogP) is 3.30. The van der Waals surface area contributed by atoms with E-state index < -0.39 is 11.9 Å². The Morgan fingerprint density at radius 2 is 1.62 bits per heavy atom. The molecule has 2 N–H and O–H groups in total. The number of aliphatic carboxylic acids is 1. The van der Waals surface area contributed by atoms with Gasteiger partial charge in [-0.1, -0.05) is 42.5 Å². The minimum Gasteiger partial charge on any atom is -0.477 e. The molecule has 106 valence electrons. The maximum Gasteiger partial charge on any atom is 0.352 e. The second-order valence-corrected chi connectivity index (χ2v) is 5.06. The second kappa shape index (κ2) is 6.85. The second-order valence-electron chi connectivity index (χ2n) is 4.21. The number of nitrogens with one attached hydrogen (secondary N) is 1. The van der Waals surface area contributed by atoms with Crippen molar-refractivity contribution in [1.82, 2.24) is 5.32 Å². The van der Waals surface area contributed by atoms with Gasteiger partial charge in [0.15, 0.2) is 0 Å². The smallest absolute Gasteiger partial charge is 0.352 e. The lowest BCUT2D eigenvalue weighted by atomic mass is 10.1. The van der Waals surface area contributed by atoms with Crippen LogP contribution in [0.2, 0.25) is 0 Å². The molecule has 0 spiro atoms. The number of hydrogen-bond acceptors (Lipinski definition) is 2. The van der Waals surface area contributed by atoms with Gasteiger partial charge in [-0.3, -0.25) is 4.79 Å². The van der Waals surface area contributed by atoms with E-state index in [1.807, 2.05) is 6.07 Å². The Kier molecular flexibility index (Phi) is 4.90. The summed E-state index contributed by atoms with van der Waals surface area (Å²) in [7, 11) is 0. The van der Waals surface area contributed by atoms with Crippen LogP contribution in [0.1, 0.15) is 15.9 Å². The van der Waals surface area contributed by atoms with E-state index in [1.54, 1.807) is 48.5 Å². The van der Waals surface area contributed by atoms with Crippen LogP contribution in [-0.4, -0.2) is 17.0 Å². The molecular formula is C16H12BrNO3. The van der Waals surface area contributed by atoms with E-state index in [0.717, 1.165) is 0 Å². The summed E-state index contributed by atoms with van der Waals surface area (Å²) in [4.78, 5) is 23.4. The van der Waals surface area contributed by atoms with E-state index in [-0.39, 0.29) is 5.70 Å². The number of carboxylic acids is 1. The van der Waals surface area contributed by atoms with Crippen LogP contribution >= 0.6 is 15.9 Å². The molecule has 0 atom stereocenters. The third kappa shape index (κ3) is 4.03. The van der Waals surface area contributed by atoms with E-state index >= 15 is 0 Å². The van der Waals surface area contributed by atoms with Crippen molar-refractivity contribution in [2.24, 2.45) is 0 Å². The van der Waals surface area contributed by atoms with Crippen LogP contribution in [0.4, 0.5) is 0 Å². The van der Waals surface area contributed by atoms with Gasteiger partial charge in [0.05, 0.1) is 5.56 Å². The fraction of sp³-hybridized carbons (Fsp3) is 0. The molecule has 0 saturated heterocycles. The zero-order chi connectivity index (χ0) is 15.2. The first-order chi connectivity index (χ1) is 10.1. The van der Waals surface area contributed by atoms with Gasteiger partial charge in [0.25, 0.3) is 5.91 Å². The van der Waals surface area contributed by atoms with Crippen molar-refractivity contribution in [3.63, 3.8) is 0 Å². The molecule has 21 heavy (non-hydrogen) atoms. The lowest BCUT2D eigenvalue weighted by molar-refractivity contribution is -0.132. The molecule has 2 rings (SSSR count). The topological polar surface area (TPSA) is 66.4 Å². The highest BCUT2D eigenvalue weighted by atomic mass is 79.9. The molecule has 4 nitrogen and oxygen atoms in total. The number of amides is 1. The van der Waals surface area contributed by atoms with E-state index in [1.165, 1.54) is 6.08 Å². The molecule has 0 aromatic heterocycles. The highest BCUT2D eigenvalue weighted by molar-refractivity contribution is 9.10. The number of hydrogen-bond donors (Lipinski definition) is 2. The van der Waals surface area contributed by atoms with E-state index in [2.05, 4.69) is 21.2 Å². The van der Waals surface area contributed by atoms with Crippen LogP contribution in [0.15, 0.2) is 64.8 Å². The van der Waals surface area contributed by atoms with Crippen molar-refractivity contribution < 1.29 is 14.7 Å². The van der Waals surface area contributed by atoms with Crippen LogP contribution in [0.5, 0.6) is 0 Å². The van der Waals surface area contributed by atoms with Gasteiger partial charge in [0, 0.05) is 4.47 Å². The van der Waals surface area contributed by atoms with E-state index in [4.69, 9.17) is 0 Å². The highest BCUT2D eigenvalue weighted by Crippen LogP contribution is 2.16. The molecule has 0 aliphatic heterocycles. The first-order valence-electron chi connectivity index (χ1n) is 6.14. The Bertz CT molecular complexity index is 696. The predicted molar refractivity (Wildman–Crippen MR) is 83.7 cm³/mol. The summed E-state index contributed by atoms with van der Waals surface area (Å²) in [6.45, 7) is 0. The van der Waals surface area contributed by atoms with Gasteiger partial charge in [-0.2, -0.15) is 0 Å². The molecule has 2 aromatic carbocycles. The van der Waals surface area contributed by atoms with Gasteiger partial charge in [0.1, 0.15) is 5.70 Å². The molecule has 0 radical (unpaired) electrons. The molecule has 2 aromatic rings. The molecule has 0 aliphatic rings. The molecular weight excluding hydrogens is 334 g/mol. The highest BCUT2D eigenvalue weighted by Gasteiger charge is 2.15. The molecule has 0 bridgehead atoms. The molecule has 0 fully saturated rings. The van der Waals surface area contributed by atoms with Crippen molar-refractivity contribution in [3.8, 4) is 0 Å². The lowest BCUT2D eigenvalue weighted by Gasteiger charge is -2.07. The van der Waals surface area contributed by atoms with Crippen molar-refractivity contribution in [2.75, 3.05) is 0 Å². The fourth-order valence-corrected chi connectivity index (χ4v) is 2.17. The Balaban J connectivity index is 2.26. The molecule has 1 amide bonds. The minimum atomic E-state index is -1.20. The van der Waals surface area contributed by atoms with Crippen LogP contribution in [-0.2, 0) is 4.79 Å². The van der Waals surface area contributed by atoms with E-state index in [0.29, 0.717) is 15.6 Å². The maximum atomic E-state index is 12.1. The summed E-state index contributed by atoms with van der Waals surface area (Å²) < 4.78 is 0.604. The van der Waals surface area contributed by atoms with Crippen LogP contribution < -0.4 is 5.32 Å². The van der Waals surface area contributed by atoms with Crippen LogP contribution in [0, 0.1) is 0 Å². The number of carbonyl (C=O) groups excluding carboxylic acids is 1. The molecule has 0 saturated carbocycles. The number of carboxylic acid groups (broad SMARTS) is 1. The third-order valence-corrected chi connectivity index (χ3v) is 3.40. The van der Waals surface area contributed by atoms with E-state index in [9.17, 15) is 14.7 Å². The molecule has 0 unspecified atom stereocenters. The summed E-state index contributed by atoms with van der Waals surface area (Å²) >= 11 is 3.26. The summed E-state index contributed by atoms with van der Waals surface area (Å²) in [6, 6.07) is 15.7. The summed E-state index contributed by atoms with van der Waals surface area (Å²) in [5, 5.41) is 11.6. The number of carbonyl (C=O) groups is 2. The Morgan fingerprint density at radius 1 is 1.00 bits per heavy atom.